The molecule has 1 aromatic carbocycles. The van der Waals surface area contributed by atoms with E-state index in [4.69, 9.17) is 16.7 Å². The van der Waals surface area contributed by atoms with E-state index in [0.29, 0.717) is 17.1 Å². The highest BCUT2D eigenvalue weighted by Crippen LogP contribution is 2.26. The number of aliphatic hydroxyl groups is 2. The smallest absolute Gasteiger partial charge is 0.180 e. The van der Waals surface area contributed by atoms with E-state index in [1.54, 1.807) is 6.92 Å². The summed E-state index contributed by atoms with van der Waals surface area (Å²) in [6.07, 6.45) is -0.440. The SMILES string of the molecule is CCCS(=O)(=O)c1ccc(Cl)cc1NCC(O)CO. The topological polar surface area (TPSA) is 86.6 Å². The van der Waals surface area contributed by atoms with Crippen molar-refractivity contribution in [2.24, 2.45) is 0 Å². The standard InChI is InChI=1S/C12H18ClNO4S/c1-2-5-19(17,18)12-4-3-9(13)6-11(12)14-7-10(16)8-15/h3-4,6,10,14-16H,2,5,7-8H2,1H3. The van der Waals surface area contributed by atoms with Crippen LogP contribution in [0.15, 0.2) is 23.1 Å². The lowest BCUT2D eigenvalue weighted by molar-refractivity contribution is 0.105. The predicted octanol–water partition coefficient (Wildman–Crippen LogP) is 1.29. The molecule has 0 spiro atoms. The maximum absolute atomic E-state index is 12.1. The van der Waals surface area contributed by atoms with E-state index in [0.717, 1.165) is 0 Å². The number of sulfone groups is 1. The van der Waals surface area contributed by atoms with Crippen LogP contribution in [0.2, 0.25) is 5.02 Å². The van der Waals surface area contributed by atoms with Gasteiger partial charge in [-0.05, 0) is 24.6 Å². The molecule has 3 N–H and O–H groups in total. The Morgan fingerprint density at radius 1 is 1.42 bits per heavy atom. The molecular weight excluding hydrogens is 290 g/mol. The third-order valence-corrected chi connectivity index (χ3v) is 4.70. The van der Waals surface area contributed by atoms with Crippen molar-refractivity contribution in [1.29, 1.82) is 0 Å². The van der Waals surface area contributed by atoms with E-state index in [2.05, 4.69) is 5.32 Å². The minimum atomic E-state index is -3.38. The summed E-state index contributed by atoms with van der Waals surface area (Å²) in [6, 6.07) is 4.45. The summed E-state index contributed by atoms with van der Waals surface area (Å²) in [7, 11) is -3.38. The van der Waals surface area contributed by atoms with Crippen molar-refractivity contribution in [1.82, 2.24) is 0 Å². The average molecular weight is 308 g/mol. The molecule has 5 nitrogen and oxygen atoms in total. The fraction of sp³-hybridized carbons (Fsp3) is 0.500. The lowest BCUT2D eigenvalue weighted by Crippen LogP contribution is -2.24. The maximum Gasteiger partial charge on any atom is 0.180 e. The van der Waals surface area contributed by atoms with Crippen LogP contribution in [-0.4, -0.2) is 43.6 Å². The molecule has 0 aliphatic carbocycles. The summed E-state index contributed by atoms with van der Waals surface area (Å²) in [5, 5.41) is 21.2. The van der Waals surface area contributed by atoms with Crippen LogP contribution in [0.4, 0.5) is 5.69 Å². The van der Waals surface area contributed by atoms with Crippen molar-refractivity contribution in [2.75, 3.05) is 24.2 Å². The van der Waals surface area contributed by atoms with Gasteiger partial charge in [0.2, 0.25) is 0 Å². The van der Waals surface area contributed by atoms with Gasteiger partial charge in [-0.25, -0.2) is 8.42 Å². The Morgan fingerprint density at radius 3 is 2.68 bits per heavy atom. The number of rotatable bonds is 7. The molecule has 0 amide bonds. The second kappa shape index (κ2) is 7.09. The van der Waals surface area contributed by atoms with Crippen molar-refractivity contribution in [2.45, 2.75) is 24.3 Å². The molecule has 0 heterocycles. The van der Waals surface area contributed by atoms with Crippen molar-refractivity contribution in [3.63, 3.8) is 0 Å². The van der Waals surface area contributed by atoms with Crippen molar-refractivity contribution in [3.8, 4) is 0 Å². The Balaban J connectivity index is 3.05. The second-order valence-corrected chi connectivity index (χ2v) is 6.69. The van der Waals surface area contributed by atoms with Gasteiger partial charge in [0.25, 0.3) is 0 Å². The van der Waals surface area contributed by atoms with Crippen LogP contribution in [0.1, 0.15) is 13.3 Å². The Morgan fingerprint density at radius 2 is 2.11 bits per heavy atom. The normalized spacial score (nSPS) is 13.3. The van der Waals surface area contributed by atoms with Gasteiger partial charge in [-0.2, -0.15) is 0 Å². The molecule has 1 atom stereocenters. The molecule has 7 heteroatoms. The Labute approximate surface area is 118 Å². The highest BCUT2D eigenvalue weighted by Gasteiger charge is 2.18. The molecule has 0 bridgehead atoms. The van der Waals surface area contributed by atoms with Gasteiger partial charge in [-0.15, -0.1) is 0 Å². The summed E-state index contributed by atoms with van der Waals surface area (Å²) in [6.45, 7) is 1.44. The number of hydrogen-bond donors (Lipinski definition) is 3. The second-order valence-electron chi connectivity index (χ2n) is 4.18. The number of nitrogens with one attached hydrogen (secondary N) is 1. The van der Waals surface area contributed by atoms with Crippen LogP contribution in [0.25, 0.3) is 0 Å². The van der Waals surface area contributed by atoms with Crippen molar-refractivity contribution in [3.05, 3.63) is 23.2 Å². The summed E-state index contributed by atoms with van der Waals surface area (Å²) < 4.78 is 24.2. The first-order valence-electron chi connectivity index (χ1n) is 5.95. The van der Waals surface area contributed by atoms with Gasteiger partial charge in [0.15, 0.2) is 9.84 Å². The third-order valence-electron chi connectivity index (χ3n) is 2.49. The largest absolute Gasteiger partial charge is 0.394 e. The molecule has 1 aromatic rings. The van der Waals surface area contributed by atoms with Gasteiger partial charge < -0.3 is 15.5 Å². The zero-order valence-corrected chi connectivity index (χ0v) is 12.2. The van der Waals surface area contributed by atoms with Gasteiger partial charge in [-0.1, -0.05) is 18.5 Å². The molecule has 0 aliphatic rings. The first-order chi connectivity index (χ1) is 8.90. The fourth-order valence-electron chi connectivity index (χ4n) is 1.58. The van der Waals surface area contributed by atoms with Crippen LogP contribution >= 0.6 is 11.6 Å². The molecule has 0 fully saturated rings. The molecular formula is C12H18ClNO4S. The summed E-state index contributed by atoms with van der Waals surface area (Å²) in [4.78, 5) is 0.156. The molecule has 1 rings (SSSR count). The van der Waals surface area contributed by atoms with E-state index in [9.17, 15) is 13.5 Å². The Bertz CT molecular complexity index is 518. The molecule has 0 saturated carbocycles. The van der Waals surface area contributed by atoms with E-state index >= 15 is 0 Å². The van der Waals surface area contributed by atoms with Gasteiger partial charge in [-0.3, -0.25) is 0 Å². The Kier molecular flexibility index (Phi) is 6.06. The summed E-state index contributed by atoms with van der Waals surface area (Å²) in [5.41, 5.74) is 0.341. The molecule has 0 aromatic heterocycles. The third kappa shape index (κ3) is 4.65. The number of halogens is 1. The zero-order valence-electron chi connectivity index (χ0n) is 10.6. The number of aliphatic hydroxyl groups excluding tert-OH is 2. The van der Waals surface area contributed by atoms with Crippen LogP contribution in [0.5, 0.6) is 0 Å². The van der Waals surface area contributed by atoms with Gasteiger partial charge >= 0.3 is 0 Å². The molecule has 108 valence electrons. The van der Waals surface area contributed by atoms with Gasteiger partial charge in [0.05, 0.1) is 29.0 Å². The highest BCUT2D eigenvalue weighted by atomic mass is 35.5. The monoisotopic (exact) mass is 307 g/mol. The fourth-order valence-corrected chi connectivity index (χ4v) is 3.25. The van der Waals surface area contributed by atoms with E-state index in [1.165, 1.54) is 18.2 Å². The van der Waals surface area contributed by atoms with Gasteiger partial charge in [0, 0.05) is 11.6 Å². The number of anilines is 1. The lowest BCUT2D eigenvalue weighted by atomic mass is 10.3. The van der Waals surface area contributed by atoms with E-state index < -0.39 is 22.5 Å². The van der Waals surface area contributed by atoms with E-state index in [1.807, 2.05) is 0 Å². The lowest BCUT2D eigenvalue weighted by Gasteiger charge is -2.14. The first kappa shape index (κ1) is 16.2. The summed E-state index contributed by atoms with van der Waals surface area (Å²) in [5.74, 6) is 0.0475. The number of hydrogen-bond acceptors (Lipinski definition) is 5. The number of benzene rings is 1. The van der Waals surface area contributed by atoms with Crippen LogP contribution < -0.4 is 5.32 Å². The van der Waals surface area contributed by atoms with E-state index in [-0.39, 0.29) is 17.2 Å². The minimum absolute atomic E-state index is 0.0471. The first-order valence-corrected chi connectivity index (χ1v) is 7.98. The van der Waals surface area contributed by atoms with Crippen molar-refractivity contribution >= 4 is 27.1 Å². The quantitative estimate of drug-likeness (QED) is 0.706. The van der Waals surface area contributed by atoms with Gasteiger partial charge in [0.1, 0.15) is 0 Å². The highest BCUT2D eigenvalue weighted by molar-refractivity contribution is 7.91. The molecule has 19 heavy (non-hydrogen) atoms. The minimum Gasteiger partial charge on any atom is -0.394 e. The van der Waals surface area contributed by atoms with Crippen molar-refractivity contribution < 1.29 is 18.6 Å². The average Bonchev–Trinajstić information content (AvgIpc) is 2.35. The molecule has 0 saturated heterocycles. The predicted molar refractivity (Wildman–Crippen MR) is 75.4 cm³/mol. The van der Waals surface area contributed by atoms with Crippen LogP contribution in [0, 0.1) is 0 Å². The molecule has 0 aliphatic heterocycles. The molecule has 1 unspecified atom stereocenters. The van der Waals surface area contributed by atoms with Crippen LogP contribution in [-0.2, 0) is 9.84 Å². The van der Waals surface area contributed by atoms with Crippen LogP contribution in [0.3, 0.4) is 0 Å². The summed E-state index contributed by atoms with van der Waals surface area (Å²) >= 11 is 5.85. The maximum atomic E-state index is 12.1. The molecule has 0 radical (unpaired) electrons. The zero-order chi connectivity index (χ0) is 14.5. The Hall–Kier alpha value is -0.820.